The second-order valence-electron chi connectivity index (χ2n) is 8.41. The molecule has 0 spiro atoms. The van der Waals surface area contributed by atoms with Gasteiger partial charge < -0.3 is 5.11 Å². The summed E-state index contributed by atoms with van der Waals surface area (Å²) < 4.78 is 0. The Balaban J connectivity index is 2.45. The molecule has 1 nitrogen and oxygen atoms in total. The van der Waals surface area contributed by atoms with E-state index in [1.807, 2.05) is 6.07 Å². The summed E-state index contributed by atoms with van der Waals surface area (Å²) in [4.78, 5) is 0. The Morgan fingerprint density at radius 3 is 2.54 bits per heavy atom. The molecule has 1 aliphatic carbocycles. The Morgan fingerprint density at radius 2 is 1.96 bits per heavy atom. The van der Waals surface area contributed by atoms with Gasteiger partial charge in [-0.3, -0.25) is 0 Å². The third kappa shape index (κ3) is 4.81. The molecule has 0 amide bonds. The molecule has 144 valence electrons. The van der Waals surface area contributed by atoms with Gasteiger partial charge in [0.1, 0.15) is 5.75 Å². The molecule has 0 heterocycles. The van der Waals surface area contributed by atoms with Crippen molar-refractivity contribution in [3.8, 4) is 5.75 Å². The molecule has 2 rings (SSSR count). The van der Waals surface area contributed by atoms with E-state index >= 15 is 0 Å². The molecule has 1 aromatic carbocycles. The molecule has 0 aromatic heterocycles. The van der Waals surface area contributed by atoms with E-state index in [0.29, 0.717) is 17.6 Å². The molecule has 0 unspecified atom stereocenters. The van der Waals surface area contributed by atoms with Crippen LogP contribution in [0.5, 0.6) is 5.75 Å². The van der Waals surface area contributed by atoms with Crippen LogP contribution in [0.25, 0.3) is 0 Å². The average molecular weight is 355 g/mol. The fourth-order valence-electron chi connectivity index (χ4n) is 4.41. The first kappa shape index (κ1) is 20.8. The molecule has 0 saturated heterocycles. The lowest BCUT2D eigenvalue weighted by Crippen LogP contribution is -2.20. The van der Waals surface area contributed by atoms with Crippen molar-refractivity contribution < 1.29 is 5.11 Å². The zero-order chi connectivity index (χ0) is 19.3. The summed E-state index contributed by atoms with van der Waals surface area (Å²) in [6.07, 6.45) is 10.5. The summed E-state index contributed by atoms with van der Waals surface area (Å²) in [6, 6.07) is 4.37. The summed E-state index contributed by atoms with van der Waals surface area (Å²) in [7, 11) is 0. The van der Waals surface area contributed by atoms with E-state index in [0.717, 1.165) is 31.2 Å². The van der Waals surface area contributed by atoms with E-state index in [1.165, 1.54) is 41.5 Å². The minimum atomic E-state index is 0.262. The lowest BCUT2D eigenvalue weighted by Gasteiger charge is -2.34. The first-order chi connectivity index (χ1) is 12.4. The summed E-state index contributed by atoms with van der Waals surface area (Å²) >= 11 is 0. The van der Waals surface area contributed by atoms with E-state index < -0.39 is 0 Å². The highest BCUT2D eigenvalue weighted by molar-refractivity contribution is 5.49. The Morgan fingerprint density at radius 1 is 1.23 bits per heavy atom. The highest BCUT2D eigenvalue weighted by atomic mass is 16.3. The van der Waals surface area contributed by atoms with Crippen molar-refractivity contribution in [2.75, 3.05) is 0 Å². The van der Waals surface area contributed by atoms with Crippen molar-refractivity contribution in [1.82, 2.24) is 0 Å². The largest absolute Gasteiger partial charge is 0.508 e. The molecule has 0 radical (unpaired) electrons. The number of phenolic OH excluding ortho intramolecular Hbond substituents is 1. The second-order valence-corrected chi connectivity index (χ2v) is 8.41. The van der Waals surface area contributed by atoms with Crippen LogP contribution in [0.1, 0.15) is 89.3 Å². The van der Waals surface area contributed by atoms with Gasteiger partial charge in [0.25, 0.3) is 0 Å². The standard InChI is InChI=1S/C25H38O/c1-7-9-10-11-19-14-20(8-2)25(24(26)15-19)23-16-21(17(3)4)12-13-22(23)18(5)6/h14-17,22-23,26H,5,7-13H2,1-4,6H3/t22-,23+/m0/s1. The van der Waals surface area contributed by atoms with E-state index in [4.69, 9.17) is 0 Å². The maximum absolute atomic E-state index is 11.0. The Labute approximate surface area is 161 Å². The van der Waals surface area contributed by atoms with Crippen molar-refractivity contribution in [2.24, 2.45) is 11.8 Å². The van der Waals surface area contributed by atoms with Gasteiger partial charge in [0.05, 0.1) is 0 Å². The first-order valence-electron chi connectivity index (χ1n) is 10.6. The fraction of sp³-hybridized carbons (Fsp3) is 0.600. The van der Waals surface area contributed by atoms with Gasteiger partial charge in [-0.05, 0) is 68.1 Å². The van der Waals surface area contributed by atoms with E-state index in [9.17, 15) is 5.11 Å². The number of hydrogen-bond donors (Lipinski definition) is 1. The van der Waals surface area contributed by atoms with Crippen LogP contribution >= 0.6 is 0 Å². The number of phenols is 1. The summed E-state index contributed by atoms with van der Waals surface area (Å²) in [5.41, 5.74) is 6.52. The average Bonchev–Trinajstić information content (AvgIpc) is 2.60. The van der Waals surface area contributed by atoms with Crippen molar-refractivity contribution in [3.05, 3.63) is 52.6 Å². The maximum Gasteiger partial charge on any atom is 0.119 e. The fourth-order valence-corrected chi connectivity index (χ4v) is 4.41. The van der Waals surface area contributed by atoms with Gasteiger partial charge in [0, 0.05) is 11.5 Å². The number of rotatable bonds is 8. The second kappa shape index (κ2) is 9.44. The SMILES string of the molecule is C=C(C)[C@@H]1CCC(C(C)C)=C[C@H]1c1c(O)cc(CCCCC)cc1CC. The van der Waals surface area contributed by atoms with Crippen LogP contribution in [0.2, 0.25) is 0 Å². The monoisotopic (exact) mass is 354 g/mol. The molecule has 1 N–H and O–H groups in total. The molecule has 2 atom stereocenters. The van der Waals surface area contributed by atoms with Gasteiger partial charge in [-0.1, -0.05) is 70.4 Å². The van der Waals surface area contributed by atoms with Crippen LogP contribution in [-0.2, 0) is 12.8 Å². The number of aromatic hydroxyl groups is 1. The summed E-state index contributed by atoms with van der Waals surface area (Å²) in [6.45, 7) is 15.4. The molecule has 0 aliphatic heterocycles. The molecule has 26 heavy (non-hydrogen) atoms. The molecule has 1 aliphatic rings. The quantitative estimate of drug-likeness (QED) is 0.382. The van der Waals surface area contributed by atoms with Crippen molar-refractivity contribution in [3.63, 3.8) is 0 Å². The minimum Gasteiger partial charge on any atom is -0.508 e. The Bertz CT molecular complexity index is 650. The molecule has 1 aromatic rings. The first-order valence-corrected chi connectivity index (χ1v) is 10.6. The van der Waals surface area contributed by atoms with Crippen LogP contribution in [0.4, 0.5) is 0 Å². The molecule has 0 fully saturated rings. The van der Waals surface area contributed by atoms with Crippen LogP contribution in [0.3, 0.4) is 0 Å². The minimum absolute atomic E-state index is 0.262. The number of benzene rings is 1. The van der Waals surface area contributed by atoms with E-state index in [-0.39, 0.29) is 5.92 Å². The number of aryl methyl sites for hydroxylation is 2. The normalized spacial score (nSPS) is 20.3. The molecule has 0 saturated carbocycles. The molecular formula is C25H38O. The topological polar surface area (TPSA) is 20.2 Å². The third-order valence-corrected chi connectivity index (χ3v) is 6.03. The van der Waals surface area contributed by atoms with Gasteiger partial charge in [-0.2, -0.15) is 0 Å². The summed E-state index contributed by atoms with van der Waals surface area (Å²) in [5.74, 6) is 1.76. The van der Waals surface area contributed by atoms with Crippen LogP contribution < -0.4 is 0 Å². The summed E-state index contributed by atoms with van der Waals surface area (Å²) in [5, 5.41) is 11.0. The lowest BCUT2D eigenvalue weighted by atomic mass is 9.71. The van der Waals surface area contributed by atoms with Gasteiger partial charge in [-0.25, -0.2) is 0 Å². The molecule has 1 heteroatoms. The maximum atomic E-state index is 11.0. The van der Waals surface area contributed by atoms with E-state index in [2.05, 4.69) is 53.3 Å². The van der Waals surface area contributed by atoms with Crippen molar-refractivity contribution in [1.29, 1.82) is 0 Å². The van der Waals surface area contributed by atoms with Gasteiger partial charge >= 0.3 is 0 Å². The van der Waals surface area contributed by atoms with E-state index in [1.54, 1.807) is 0 Å². The lowest BCUT2D eigenvalue weighted by molar-refractivity contribution is 0.426. The Hall–Kier alpha value is -1.50. The van der Waals surface area contributed by atoms with Crippen LogP contribution in [-0.4, -0.2) is 5.11 Å². The molecular weight excluding hydrogens is 316 g/mol. The highest BCUT2D eigenvalue weighted by Gasteiger charge is 2.30. The third-order valence-electron chi connectivity index (χ3n) is 6.03. The number of unbranched alkanes of at least 4 members (excludes halogenated alkanes) is 2. The van der Waals surface area contributed by atoms with Crippen LogP contribution in [0, 0.1) is 11.8 Å². The van der Waals surface area contributed by atoms with Crippen LogP contribution in [0.15, 0.2) is 35.9 Å². The zero-order valence-corrected chi connectivity index (χ0v) is 17.6. The predicted octanol–water partition coefficient (Wildman–Crippen LogP) is 7.34. The predicted molar refractivity (Wildman–Crippen MR) is 114 cm³/mol. The number of hydrogen-bond acceptors (Lipinski definition) is 1. The van der Waals surface area contributed by atoms with Gasteiger partial charge in [0.2, 0.25) is 0 Å². The van der Waals surface area contributed by atoms with Crippen molar-refractivity contribution >= 4 is 0 Å². The number of allylic oxidation sites excluding steroid dienone is 3. The smallest absolute Gasteiger partial charge is 0.119 e. The molecule has 0 bridgehead atoms. The van der Waals surface area contributed by atoms with Gasteiger partial charge in [-0.15, -0.1) is 0 Å². The highest BCUT2D eigenvalue weighted by Crippen LogP contribution is 2.45. The van der Waals surface area contributed by atoms with Crippen molar-refractivity contribution in [2.45, 2.75) is 85.5 Å². The Kier molecular flexibility index (Phi) is 7.55. The zero-order valence-electron chi connectivity index (χ0n) is 17.6. The van der Waals surface area contributed by atoms with Gasteiger partial charge in [0.15, 0.2) is 0 Å².